The number of phenols is 1. The summed E-state index contributed by atoms with van der Waals surface area (Å²) in [7, 11) is 0. The van der Waals surface area contributed by atoms with E-state index < -0.39 is 0 Å². The van der Waals surface area contributed by atoms with Gasteiger partial charge in [0.15, 0.2) is 5.75 Å². The van der Waals surface area contributed by atoms with Gasteiger partial charge in [-0.3, -0.25) is 0 Å². The van der Waals surface area contributed by atoms with E-state index in [-0.39, 0.29) is 70.8 Å². The SMILES string of the molecule is NCCNCCN.Oc1c(Cl)c(Cl)c(Cl)c(Cl)c1Cl.[Gd]. The molecule has 118 valence electrons. The van der Waals surface area contributed by atoms with Crippen LogP contribution in [0.1, 0.15) is 0 Å². The molecule has 1 aromatic carbocycles. The van der Waals surface area contributed by atoms with E-state index in [9.17, 15) is 5.11 Å². The van der Waals surface area contributed by atoms with Gasteiger partial charge in [-0.25, -0.2) is 0 Å². The van der Waals surface area contributed by atoms with Crippen LogP contribution in [0, 0.1) is 39.9 Å². The molecule has 6 N–H and O–H groups in total. The first-order chi connectivity index (χ1) is 8.88. The molecule has 0 radical (unpaired) electrons. The number of benzene rings is 1. The number of phenolic OH excluding ortho intramolecular Hbond substituents is 1. The molecule has 0 fully saturated rings. The van der Waals surface area contributed by atoms with Gasteiger partial charge in [0.1, 0.15) is 10.0 Å². The maximum absolute atomic E-state index is 9.20. The summed E-state index contributed by atoms with van der Waals surface area (Å²) in [6, 6.07) is 0. The molecule has 0 aromatic heterocycles. The minimum Gasteiger partial charge on any atom is -0.505 e. The second-order valence-electron chi connectivity index (χ2n) is 3.25. The number of aromatic hydroxyl groups is 1. The third kappa shape index (κ3) is 7.79. The van der Waals surface area contributed by atoms with Crippen LogP contribution in [-0.4, -0.2) is 31.3 Å². The molecule has 0 aliphatic heterocycles. The van der Waals surface area contributed by atoms with E-state index in [1.54, 1.807) is 0 Å². The minimum atomic E-state index is -0.363. The van der Waals surface area contributed by atoms with Gasteiger partial charge >= 0.3 is 0 Å². The van der Waals surface area contributed by atoms with Crippen LogP contribution in [0.3, 0.4) is 0 Å². The van der Waals surface area contributed by atoms with Crippen LogP contribution in [0.15, 0.2) is 0 Å². The molecule has 0 saturated heterocycles. The van der Waals surface area contributed by atoms with Crippen molar-refractivity contribution in [2.75, 3.05) is 26.2 Å². The number of hydrogen-bond acceptors (Lipinski definition) is 4. The van der Waals surface area contributed by atoms with Crippen LogP contribution in [0.5, 0.6) is 5.75 Å². The summed E-state index contributed by atoms with van der Waals surface area (Å²) in [6.45, 7) is 3.13. The molecular weight excluding hydrogens is 513 g/mol. The van der Waals surface area contributed by atoms with Gasteiger partial charge in [0.2, 0.25) is 0 Å². The first-order valence-corrected chi connectivity index (χ1v) is 7.08. The zero-order chi connectivity index (χ0) is 15.0. The van der Waals surface area contributed by atoms with Crippen molar-refractivity contribution in [1.29, 1.82) is 0 Å². The fourth-order valence-electron chi connectivity index (χ4n) is 0.922. The molecule has 0 amide bonds. The quantitative estimate of drug-likeness (QED) is 0.276. The predicted molar refractivity (Wildman–Crippen MR) is 84.1 cm³/mol. The van der Waals surface area contributed by atoms with Gasteiger partial charge in [-0.15, -0.1) is 0 Å². The Morgan fingerprint density at radius 2 is 1.05 bits per heavy atom. The molecule has 0 heterocycles. The zero-order valence-corrected chi connectivity index (χ0v) is 16.2. The monoisotopic (exact) mass is 525 g/mol. The summed E-state index contributed by atoms with van der Waals surface area (Å²) in [5, 5.41) is 12.0. The van der Waals surface area contributed by atoms with Crippen molar-refractivity contribution in [2.45, 2.75) is 0 Å². The third-order valence-corrected chi connectivity index (χ3v) is 4.09. The molecule has 0 aliphatic carbocycles. The van der Waals surface area contributed by atoms with E-state index in [1.807, 2.05) is 0 Å². The van der Waals surface area contributed by atoms with Crippen molar-refractivity contribution in [1.82, 2.24) is 5.32 Å². The van der Waals surface area contributed by atoms with Gasteiger partial charge in [-0.05, 0) is 0 Å². The summed E-state index contributed by atoms with van der Waals surface area (Å²) in [5.41, 5.74) is 10.3. The van der Waals surface area contributed by atoms with Crippen LogP contribution in [0.4, 0.5) is 0 Å². The largest absolute Gasteiger partial charge is 0.505 e. The Hall–Kier alpha value is 1.67. The number of hydrogen-bond donors (Lipinski definition) is 4. The summed E-state index contributed by atoms with van der Waals surface area (Å²) >= 11 is 27.9. The molecule has 0 bridgehead atoms. The number of nitrogens with one attached hydrogen (secondary N) is 1. The van der Waals surface area contributed by atoms with Gasteiger partial charge in [0.25, 0.3) is 0 Å². The fraction of sp³-hybridized carbons (Fsp3) is 0.400. The summed E-state index contributed by atoms with van der Waals surface area (Å²) < 4.78 is 0. The molecule has 0 saturated carbocycles. The third-order valence-electron chi connectivity index (χ3n) is 1.83. The maximum atomic E-state index is 9.20. The van der Waals surface area contributed by atoms with Crippen LogP contribution >= 0.6 is 58.0 Å². The van der Waals surface area contributed by atoms with Crippen molar-refractivity contribution in [2.24, 2.45) is 11.5 Å². The van der Waals surface area contributed by atoms with Crippen molar-refractivity contribution >= 4 is 58.0 Å². The van der Waals surface area contributed by atoms with E-state index in [0.29, 0.717) is 13.1 Å². The van der Waals surface area contributed by atoms with E-state index in [1.165, 1.54) is 0 Å². The van der Waals surface area contributed by atoms with Gasteiger partial charge in [-0.1, -0.05) is 58.0 Å². The Morgan fingerprint density at radius 3 is 1.35 bits per heavy atom. The average Bonchev–Trinajstić information content (AvgIpc) is 2.42. The topological polar surface area (TPSA) is 84.3 Å². The molecule has 4 nitrogen and oxygen atoms in total. The Balaban J connectivity index is 0. The summed E-state index contributed by atoms with van der Waals surface area (Å²) in [4.78, 5) is 0. The molecule has 0 spiro atoms. The molecule has 0 unspecified atom stereocenters. The molecule has 1 rings (SSSR count). The molecule has 0 aliphatic rings. The van der Waals surface area contributed by atoms with E-state index in [4.69, 9.17) is 69.5 Å². The van der Waals surface area contributed by atoms with Crippen LogP contribution in [0.25, 0.3) is 0 Å². The Kier molecular flexibility index (Phi) is 15.7. The minimum absolute atomic E-state index is 0. The van der Waals surface area contributed by atoms with E-state index in [0.717, 1.165) is 13.1 Å². The van der Waals surface area contributed by atoms with Gasteiger partial charge < -0.3 is 21.9 Å². The first kappa shape index (κ1) is 23.9. The zero-order valence-electron chi connectivity index (χ0n) is 10.2. The average molecular weight is 527 g/mol. The summed E-state index contributed by atoms with van der Waals surface area (Å²) in [5.74, 6) is -0.363. The van der Waals surface area contributed by atoms with Gasteiger partial charge in [0, 0.05) is 66.1 Å². The van der Waals surface area contributed by atoms with Crippen LogP contribution in [0.2, 0.25) is 25.1 Å². The van der Waals surface area contributed by atoms with Crippen molar-refractivity contribution < 1.29 is 45.0 Å². The van der Waals surface area contributed by atoms with Crippen molar-refractivity contribution in [3.05, 3.63) is 25.1 Å². The van der Waals surface area contributed by atoms with Crippen LogP contribution < -0.4 is 16.8 Å². The number of nitrogens with two attached hydrogens (primary N) is 2. The molecule has 20 heavy (non-hydrogen) atoms. The van der Waals surface area contributed by atoms with E-state index in [2.05, 4.69) is 5.32 Å². The summed E-state index contributed by atoms with van der Waals surface area (Å²) in [6.07, 6.45) is 0. The normalized spacial score (nSPS) is 9.55. The standard InChI is InChI=1S/C6HCl5O.C4H13N3.Gd/c7-1-2(8)4(10)6(12)5(11)3(1)9;5-1-3-7-4-2-6;/h12H;7H,1-6H2;. The van der Waals surface area contributed by atoms with Crippen LogP contribution in [-0.2, 0) is 0 Å². The molecule has 0 atom stereocenters. The second kappa shape index (κ2) is 13.1. The van der Waals surface area contributed by atoms with E-state index >= 15 is 0 Å². The van der Waals surface area contributed by atoms with Gasteiger partial charge in [-0.2, -0.15) is 0 Å². The molecule has 1 aromatic rings. The molecular formula is C10H14Cl5GdN3O. The number of rotatable bonds is 4. The Morgan fingerprint density at radius 1 is 0.750 bits per heavy atom. The number of halogens is 5. The van der Waals surface area contributed by atoms with Gasteiger partial charge in [0.05, 0.1) is 15.1 Å². The Bertz CT molecular complexity index is 313. The van der Waals surface area contributed by atoms with Crippen molar-refractivity contribution in [3.8, 4) is 5.75 Å². The van der Waals surface area contributed by atoms with Crippen molar-refractivity contribution in [3.63, 3.8) is 0 Å². The molecule has 10 heteroatoms. The smallest absolute Gasteiger partial charge is 0.155 e. The predicted octanol–water partition coefficient (Wildman–Crippen LogP) is 3.15. The second-order valence-corrected chi connectivity index (χ2v) is 5.14. The Labute approximate surface area is 175 Å². The fourth-order valence-corrected chi connectivity index (χ4v) is 2.05. The first-order valence-electron chi connectivity index (χ1n) is 5.19. The maximum Gasteiger partial charge on any atom is 0.155 e.